The summed E-state index contributed by atoms with van der Waals surface area (Å²) in [6.45, 7) is 1.34. The largest absolute Gasteiger partial charge is 0.351 e. The summed E-state index contributed by atoms with van der Waals surface area (Å²) in [5.41, 5.74) is 3.47. The second-order valence-corrected chi connectivity index (χ2v) is 3.95. The summed E-state index contributed by atoms with van der Waals surface area (Å²) in [7, 11) is 0. The van der Waals surface area contributed by atoms with Gasteiger partial charge >= 0.3 is 0 Å². The molecule has 7 nitrogen and oxygen atoms in total. The van der Waals surface area contributed by atoms with Gasteiger partial charge in [-0.25, -0.2) is 0 Å². The molecule has 0 saturated heterocycles. The van der Waals surface area contributed by atoms with Crippen molar-refractivity contribution in [2.45, 2.75) is 13.0 Å². The first-order chi connectivity index (χ1) is 9.29. The molecule has 1 amide bonds. The Hall–Kier alpha value is -2.41. The van der Waals surface area contributed by atoms with Gasteiger partial charge in [0.1, 0.15) is 5.69 Å². The molecule has 19 heavy (non-hydrogen) atoms. The van der Waals surface area contributed by atoms with Crippen molar-refractivity contribution in [3.63, 3.8) is 0 Å². The number of aromatic nitrogens is 3. The van der Waals surface area contributed by atoms with Crippen molar-refractivity contribution in [3.8, 4) is 0 Å². The zero-order valence-corrected chi connectivity index (χ0v) is 10.4. The van der Waals surface area contributed by atoms with Gasteiger partial charge in [0.25, 0.3) is 5.91 Å². The van der Waals surface area contributed by atoms with Crippen LogP contribution < -0.4 is 16.6 Å². The van der Waals surface area contributed by atoms with E-state index >= 15 is 0 Å². The Morgan fingerprint density at radius 2 is 2.32 bits per heavy atom. The van der Waals surface area contributed by atoms with Crippen LogP contribution in [0, 0.1) is 0 Å². The average Bonchev–Trinajstić information content (AvgIpc) is 2.96. The number of carbonyl (C=O) groups is 1. The molecule has 2 aromatic rings. The summed E-state index contributed by atoms with van der Waals surface area (Å²) < 4.78 is 1.82. The number of nitrogens with zero attached hydrogens (tertiary/aromatic N) is 3. The van der Waals surface area contributed by atoms with Crippen molar-refractivity contribution in [1.82, 2.24) is 20.1 Å². The van der Waals surface area contributed by atoms with Gasteiger partial charge in [0.2, 0.25) is 0 Å². The molecular weight excluding hydrogens is 244 g/mol. The van der Waals surface area contributed by atoms with Gasteiger partial charge < -0.3 is 10.7 Å². The molecule has 0 saturated carbocycles. The summed E-state index contributed by atoms with van der Waals surface area (Å²) in [4.78, 5) is 15.8. The number of hydrazine groups is 1. The van der Waals surface area contributed by atoms with Crippen LogP contribution in [-0.2, 0) is 6.54 Å². The highest BCUT2D eigenvalue weighted by molar-refractivity contribution is 5.93. The lowest BCUT2D eigenvalue weighted by atomic mass is 10.3. The third-order valence-electron chi connectivity index (χ3n) is 2.57. The number of pyridine rings is 1. The van der Waals surface area contributed by atoms with Gasteiger partial charge in [-0.15, -0.1) is 0 Å². The molecule has 0 aliphatic rings. The van der Waals surface area contributed by atoms with Crippen molar-refractivity contribution in [2.75, 3.05) is 12.0 Å². The zero-order valence-electron chi connectivity index (χ0n) is 10.4. The number of rotatable bonds is 6. The fourth-order valence-corrected chi connectivity index (χ4v) is 1.61. The van der Waals surface area contributed by atoms with Crippen LogP contribution >= 0.6 is 0 Å². The number of nitrogen functional groups attached to an aromatic ring is 1. The van der Waals surface area contributed by atoms with Gasteiger partial charge in [-0.3, -0.25) is 20.3 Å². The summed E-state index contributed by atoms with van der Waals surface area (Å²) >= 11 is 0. The average molecular weight is 260 g/mol. The summed E-state index contributed by atoms with van der Waals surface area (Å²) in [6, 6.07) is 5.16. The van der Waals surface area contributed by atoms with E-state index in [1.54, 1.807) is 18.3 Å². The molecule has 0 aliphatic carbocycles. The van der Waals surface area contributed by atoms with Crippen LogP contribution in [0.3, 0.4) is 0 Å². The van der Waals surface area contributed by atoms with E-state index in [0.29, 0.717) is 17.9 Å². The van der Waals surface area contributed by atoms with Gasteiger partial charge in [-0.2, -0.15) is 5.10 Å². The summed E-state index contributed by atoms with van der Waals surface area (Å²) in [6.07, 6.45) is 5.96. The monoisotopic (exact) mass is 260 g/mol. The highest BCUT2D eigenvalue weighted by atomic mass is 16.1. The molecule has 4 N–H and O–H groups in total. The van der Waals surface area contributed by atoms with Gasteiger partial charge in [0, 0.05) is 31.7 Å². The smallest absolute Gasteiger partial charge is 0.269 e. The second-order valence-electron chi connectivity index (χ2n) is 3.95. The standard InChI is InChI=1S/C12H16N6O/c13-17-10-3-6-14-11(9-10)12(19)15-4-1-7-18-8-2-5-16-18/h2-3,5-6,8-9H,1,4,7,13H2,(H,14,17)(H,15,19). The first kappa shape index (κ1) is 13.0. The van der Waals surface area contributed by atoms with Gasteiger partial charge in [0.15, 0.2) is 0 Å². The summed E-state index contributed by atoms with van der Waals surface area (Å²) in [5, 5.41) is 6.88. The zero-order chi connectivity index (χ0) is 13.5. The molecule has 0 spiro atoms. The molecular formula is C12H16N6O. The number of nitrogens with two attached hydrogens (primary N) is 1. The van der Waals surface area contributed by atoms with E-state index in [1.165, 1.54) is 6.20 Å². The van der Waals surface area contributed by atoms with E-state index in [0.717, 1.165) is 13.0 Å². The molecule has 0 atom stereocenters. The number of anilines is 1. The molecule has 0 aromatic carbocycles. The Balaban J connectivity index is 1.77. The lowest BCUT2D eigenvalue weighted by molar-refractivity contribution is 0.0947. The molecule has 0 radical (unpaired) electrons. The molecule has 2 heterocycles. The Bertz CT molecular complexity index is 525. The van der Waals surface area contributed by atoms with E-state index < -0.39 is 0 Å². The maximum atomic E-state index is 11.8. The lowest BCUT2D eigenvalue weighted by Gasteiger charge is -2.06. The Labute approximate surface area is 110 Å². The number of hydrogen-bond donors (Lipinski definition) is 3. The molecule has 7 heteroatoms. The van der Waals surface area contributed by atoms with Gasteiger partial charge in [-0.1, -0.05) is 0 Å². The number of amides is 1. The predicted octanol–water partition coefficient (Wildman–Crippen LogP) is 0.384. The molecule has 0 fully saturated rings. The van der Waals surface area contributed by atoms with Crippen molar-refractivity contribution in [3.05, 3.63) is 42.5 Å². The Morgan fingerprint density at radius 1 is 1.42 bits per heavy atom. The fraction of sp³-hybridized carbons (Fsp3) is 0.250. The molecule has 2 aromatic heterocycles. The quantitative estimate of drug-likeness (QED) is 0.396. The number of nitrogens with one attached hydrogen (secondary N) is 2. The van der Waals surface area contributed by atoms with E-state index in [9.17, 15) is 4.79 Å². The SMILES string of the molecule is NNc1ccnc(C(=O)NCCCn2cccn2)c1. The van der Waals surface area contributed by atoms with Crippen LogP contribution in [0.1, 0.15) is 16.9 Å². The van der Waals surface area contributed by atoms with Crippen molar-refractivity contribution in [2.24, 2.45) is 5.84 Å². The first-order valence-electron chi connectivity index (χ1n) is 5.98. The second kappa shape index (κ2) is 6.50. The molecule has 2 rings (SSSR count). The van der Waals surface area contributed by atoms with Crippen LogP contribution in [0.2, 0.25) is 0 Å². The summed E-state index contributed by atoms with van der Waals surface area (Å²) in [5.74, 6) is 5.06. The van der Waals surface area contributed by atoms with Crippen molar-refractivity contribution < 1.29 is 4.79 Å². The minimum atomic E-state index is -0.211. The molecule has 100 valence electrons. The Kier molecular flexibility index (Phi) is 4.46. The normalized spacial score (nSPS) is 10.2. The number of hydrogen-bond acceptors (Lipinski definition) is 5. The van der Waals surface area contributed by atoms with E-state index in [1.807, 2.05) is 16.9 Å². The van der Waals surface area contributed by atoms with E-state index in [-0.39, 0.29) is 5.91 Å². The van der Waals surface area contributed by atoms with Crippen molar-refractivity contribution >= 4 is 11.6 Å². The van der Waals surface area contributed by atoms with Gasteiger partial charge in [-0.05, 0) is 24.6 Å². The lowest BCUT2D eigenvalue weighted by Crippen LogP contribution is -2.26. The van der Waals surface area contributed by atoms with Crippen LogP contribution in [0.4, 0.5) is 5.69 Å². The fourth-order valence-electron chi connectivity index (χ4n) is 1.61. The maximum absolute atomic E-state index is 11.8. The van der Waals surface area contributed by atoms with Crippen LogP contribution in [0.25, 0.3) is 0 Å². The first-order valence-corrected chi connectivity index (χ1v) is 5.98. The van der Waals surface area contributed by atoms with Crippen LogP contribution in [0.5, 0.6) is 0 Å². The predicted molar refractivity (Wildman–Crippen MR) is 71.2 cm³/mol. The highest BCUT2D eigenvalue weighted by Gasteiger charge is 2.06. The third-order valence-corrected chi connectivity index (χ3v) is 2.57. The van der Waals surface area contributed by atoms with E-state index in [2.05, 4.69) is 20.8 Å². The molecule has 0 aliphatic heterocycles. The topological polar surface area (TPSA) is 97.9 Å². The van der Waals surface area contributed by atoms with E-state index in [4.69, 9.17) is 5.84 Å². The third kappa shape index (κ3) is 3.78. The minimum absolute atomic E-state index is 0.211. The maximum Gasteiger partial charge on any atom is 0.269 e. The van der Waals surface area contributed by atoms with Gasteiger partial charge in [0.05, 0.1) is 5.69 Å². The minimum Gasteiger partial charge on any atom is -0.351 e. The highest BCUT2D eigenvalue weighted by Crippen LogP contribution is 2.05. The number of aryl methyl sites for hydroxylation is 1. The Morgan fingerprint density at radius 3 is 3.05 bits per heavy atom. The molecule has 0 bridgehead atoms. The molecule has 0 unspecified atom stereocenters. The van der Waals surface area contributed by atoms with Crippen molar-refractivity contribution in [1.29, 1.82) is 0 Å². The van der Waals surface area contributed by atoms with Crippen LogP contribution in [0.15, 0.2) is 36.8 Å². The van der Waals surface area contributed by atoms with Crippen LogP contribution in [-0.4, -0.2) is 27.2 Å². The number of carbonyl (C=O) groups excluding carboxylic acids is 1.